The Labute approximate surface area is 33.1 Å². The molecule has 0 aromatic rings. The van der Waals surface area contributed by atoms with Crippen LogP contribution in [-0.2, 0) is 0 Å². The molecule has 1 rings (SSSR count). The van der Waals surface area contributed by atoms with E-state index in [1.54, 1.807) is 0 Å². The van der Waals surface area contributed by atoms with Crippen molar-refractivity contribution >= 4 is 6.21 Å². The third-order valence-corrected chi connectivity index (χ3v) is 0.636. The lowest BCUT2D eigenvalue weighted by Gasteiger charge is -1.67. The van der Waals surface area contributed by atoms with Crippen molar-refractivity contribution in [2.75, 3.05) is 6.52 Å². The average molecular weight is 70.1 g/mol. The molecule has 1 heterocycles. The van der Waals surface area contributed by atoms with Crippen molar-refractivity contribution in [2.24, 2.45) is 4.99 Å². The first-order valence-corrected chi connectivity index (χ1v) is 1.83. The molecule has 1 atom stereocenters. The highest BCUT2D eigenvalue weighted by atomic mass is 14.7. The molecule has 0 bridgehead atoms. The van der Waals surface area contributed by atoms with Crippen molar-refractivity contribution in [3.05, 3.63) is 0 Å². The fraction of sp³-hybridized carbons (Fsp3) is 0.750. The van der Waals surface area contributed by atoms with Crippen LogP contribution in [-0.4, -0.2) is 12.7 Å². The van der Waals surface area contributed by atoms with E-state index in [4.69, 9.17) is 1.37 Å². The van der Waals surface area contributed by atoms with Gasteiger partial charge >= 0.3 is 0 Å². The third-order valence-electron chi connectivity index (χ3n) is 0.636. The minimum absolute atomic E-state index is 0.134. The fourth-order valence-corrected chi connectivity index (χ4v) is 0.373. The molecule has 1 unspecified atom stereocenters. The van der Waals surface area contributed by atoms with E-state index in [2.05, 4.69) is 4.99 Å². The van der Waals surface area contributed by atoms with Crippen LogP contribution in [0.25, 0.3) is 0 Å². The van der Waals surface area contributed by atoms with Gasteiger partial charge in [0.05, 0.1) is 1.37 Å². The van der Waals surface area contributed by atoms with Crippen LogP contribution in [0.15, 0.2) is 4.99 Å². The summed E-state index contributed by atoms with van der Waals surface area (Å²) in [7, 11) is 0. The molecule has 0 aliphatic carbocycles. The molecule has 0 radical (unpaired) electrons. The van der Waals surface area contributed by atoms with Gasteiger partial charge < -0.3 is 0 Å². The lowest BCUT2D eigenvalue weighted by molar-refractivity contribution is 0.952. The minimum Gasteiger partial charge on any atom is -0.298 e. The highest BCUT2D eigenvalue weighted by Crippen LogP contribution is 1.92. The normalized spacial score (nSPS) is 38.4. The van der Waals surface area contributed by atoms with E-state index in [1.807, 2.05) is 6.21 Å². The van der Waals surface area contributed by atoms with Crippen LogP contribution in [0.1, 0.15) is 14.2 Å². The molecule has 0 fully saturated rings. The summed E-state index contributed by atoms with van der Waals surface area (Å²) in [5.41, 5.74) is 0. The molecule has 1 heteroatoms. The Morgan fingerprint density at radius 2 is 3.00 bits per heavy atom. The van der Waals surface area contributed by atoms with Crippen molar-refractivity contribution in [1.29, 1.82) is 0 Å². The molecular weight excluding hydrogens is 62.1 g/mol. The van der Waals surface area contributed by atoms with Crippen molar-refractivity contribution in [2.45, 2.75) is 12.8 Å². The molecule has 0 N–H and O–H groups in total. The number of rotatable bonds is 0. The summed E-state index contributed by atoms with van der Waals surface area (Å²) in [5.74, 6) is 0. The predicted octanol–water partition coefficient (Wildman–Crippen LogP) is 0.851. The van der Waals surface area contributed by atoms with Gasteiger partial charge in [-0.1, -0.05) is 0 Å². The smallest absolute Gasteiger partial charge is 0.0515 e. The van der Waals surface area contributed by atoms with Crippen molar-refractivity contribution in [3.63, 3.8) is 0 Å². The number of aliphatic imine (C=N–C) groups is 1. The maximum absolute atomic E-state index is 6.93. The standard InChI is InChI=1S/C4H7N/c1-2-4-5-3-1/h3H,1-2,4H2/i4D. The molecule has 1 nitrogen and oxygen atoms in total. The number of nitrogens with zero attached hydrogens (tertiary/aromatic N) is 1. The van der Waals surface area contributed by atoms with Crippen LogP contribution in [0.3, 0.4) is 0 Å². The molecular formula is C4H7N. The Bertz CT molecular complexity index is 69.9. The van der Waals surface area contributed by atoms with Gasteiger partial charge in [0.15, 0.2) is 0 Å². The summed E-state index contributed by atoms with van der Waals surface area (Å²) < 4.78 is 6.93. The van der Waals surface area contributed by atoms with Gasteiger partial charge in [-0.05, 0) is 19.1 Å². The molecule has 1 aliphatic rings. The molecule has 0 aromatic carbocycles. The van der Waals surface area contributed by atoms with Crippen LogP contribution in [0.4, 0.5) is 0 Å². The van der Waals surface area contributed by atoms with E-state index in [0.717, 1.165) is 12.8 Å². The zero-order chi connectivity index (χ0) is 4.41. The molecule has 5 heavy (non-hydrogen) atoms. The largest absolute Gasteiger partial charge is 0.298 e. The second-order valence-electron chi connectivity index (χ2n) is 1.09. The van der Waals surface area contributed by atoms with Crippen molar-refractivity contribution in [1.82, 2.24) is 0 Å². The van der Waals surface area contributed by atoms with Gasteiger partial charge in [0, 0.05) is 6.52 Å². The molecule has 28 valence electrons. The van der Waals surface area contributed by atoms with Crippen LogP contribution in [0.2, 0.25) is 0 Å². The zero-order valence-corrected chi connectivity index (χ0v) is 3.02. The Morgan fingerprint density at radius 3 is 3.20 bits per heavy atom. The van der Waals surface area contributed by atoms with Gasteiger partial charge in [0.25, 0.3) is 0 Å². The summed E-state index contributed by atoms with van der Waals surface area (Å²) in [6, 6.07) is 0. The topological polar surface area (TPSA) is 12.4 Å². The second kappa shape index (κ2) is 1.20. The van der Waals surface area contributed by atoms with E-state index >= 15 is 0 Å². The van der Waals surface area contributed by atoms with Crippen LogP contribution >= 0.6 is 0 Å². The fourth-order valence-electron chi connectivity index (χ4n) is 0.373. The summed E-state index contributed by atoms with van der Waals surface area (Å²) in [4.78, 5) is 3.78. The SMILES string of the molecule is [2H]C1CCC=N1. The summed E-state index contributed by atoms with van der Waals surface area (Å²) in [6.45, 7) is -0.134. The van der Waals surface area contributed by atoms with Gasteiger partial charge in [-0.25, -0.2) is 0 Å². The summed E-state index contributed by atoms with van der Waals surface area (Å²) in [5, 5.41) is 0. The lowest BCUT2D eigenvalue weighted by atomic mass is 10.4. The monoisotopic (exact) mass is 70.1 g/mol. The third kappa shape index (κ3) is 0.469. The van der Waals surface area contributed by atoms with E-state index in [9.17, 15) is 0 Å². The molecule has 0 saturated carbocycles. The number of hydrogen-bond acceptors (Lipinski definition) is 1. The zero-order valence-electron chi connectivity index (χ0n) is 4.02. The summed E-state index contributed by atoms with van der Waals surface area (Å²) in [6.07, 6.45) is 3.76. The maximum Gasteiger partial charge on any atom is 0.0515 e. The van der Waals surface area contributed by atoms with Crippen molar-refractivity contribution < 1.29 is 1.37 Å². The van der Waals surface area contributed by atoms with E-state index in [1.165, 1.54) is 0 Å². The molecule has 0 amide bonds. The Morgan fingerprint density at radius 1 is 2.00 bits per heavy atom. The first-order chi connectivity index (χ1) is 2.89. The maximum atomic E-state index is 6.93. The minimum atomic E-state index is -0.134. The van der Waals surface area contributed by atoms with Gasteiger partial charge in [-0.15, -0.1) is 0 Å². The predicted molar refractivity (Wildman–Crippen MR) is 22.6 cm³/mol. The van der Waals surface area contributed by atoms with Crippen LogP contribution in [0.5, 0.6) is 0 Å². The average Bonchev–Trinajstić information content (AvgIpc) is 1.86. The van der Waals surface area contributed by atoms with Crippen LogP contribution in [0, 0.1) is 0 Å². The second-order valence-corrected chi connectivity index (χ2v) is 1.09. The van der Waals surface area contributed by atoms with Gasteiger partial charge in [-0.2, -0.15) is 0 Å². The van der Waals surface area contributed by atoms with E-state index in [0.29, 0.717) is 0 Å². The highest BCUT2D eigenvalue weighted by molar-refractivity contribution is 5.58. The first kappa shape index (κ1) is 1.96. The number of hydrogen-bond donors (Lipinski definition) is 0. The van der Waals surface area contributed by atoms with Crippen LogP contribution < -0.4 is 0 Å². The van der Waals surface area contributed by atoms with E-state index < -0.39 is 0 Å². The molecule has 0 saturated heterocycles. The van der Waals surface area contributed by atoms with E-state index in [-0.39, 0.29) is 6.52 Å². The lowest BCUT2D eigenvalue weighted by Crippen LogP contribution is -1.62. The Hall–Kier alpha value is -0.330. The Balaban J connectivity index is 2.38. The quantitative estimate of drug-likeness (QED) is 0.400. The molecule has 1 aliphatic heterocycles. The van der Waals surface area contributed by atoms with Crippen molar-refractivity contribution in [3.8, 4) is 0 Å². The van der Waals surface area contributed by atoms with Gasteiger partial charge in [0.2, 0.25) is 0 Å². The summed E-state index contributed by atoms with van der Waals surface area (Å²) >= 11 is 0. The first-order valence-electron chi connectivity index (χ1n) is 2.41. The highest BCUT2D eigenvalue weighted by Gasteiger charge is 1.85. The van der Waals surface area contributed by atoms with Gasteiger partial charge in [0.1, 0.15) is 0 Å². The molecule has 0 aromatic heterocycles. The Kier molecular flexibility index (Phi) is 0.469. The molecule has 0 spiro atoms. The van der Waals surface area contributed by atoms with Gasteiger partial charge in [-0.3, -0.25) is 4.99 Å².